The maximum atomic E-state index is 13.2. The van der Waals surface area contributed by atoms with Gasteiger partial charge < -0.3 is 15.3 Å². The molecule has 1 unspecified atom stereocenters. The number of aromatic hydroxyl groups is 2. The fourth-order valence-electron chi connectivity index (χ4n) is 8.20. The summed E-state index contributed by atoms with van der Waals surface area (Å²) in [6.07, 6.45) is 4.85. The molecule has 0 aliphatic heterocycles. The zero-order valence-electron chi connectivity index (χ0n) is 19.7. The van der Waals surface area contributed by atoms with E-state index in [0.29, 0.717) is 5.56 Å². The Morgan fingerprint density at radius 1 is 0.938 bits per heavy atom. The molecule has 5 nitrogen and oxygen atoms in total. The first kappa shape index (κ1) is 21.7. The average Bonchev–Trinajstić information content (AvgIpc) is 2.74. The van der Waals surface area contributed by atoms with Gasteiger partial charge in [0.25, 0.3) is 0 Å². The van der Waals surface area contributed by atoms with Crippen LogP contribution in [0.2, 0.25) is 0 Å². The molecule has 4 aliphatic carbocycles. The molecule has 3 saturated carbocycles. The van der Waals surface area contributed by atoms with Crippen molar-refractivity contribution >= 4 is 11.6 Å². The van der Waals surface area contributed by atoms with Gasteiger partial charge in [0.1, 0.15) is 6.10 Å². The van der Waals surface area contributed by atoms with E-state index in [9.17, 15) is 24.9 Å². The SMILES string of the molecule is C[C@@H]1CC2[C@]3(C)CC[C@]4(C)C(=CC(=O)c5cc(O)c(O)cc54)[C@@]3(C)CC[C@@]2(C)[C@H](O)C1=O. The van der Waals surface area contributed by atoms with Crippen molar-refractivity contribution in [3.8, 4) is 11.5 Å². The molecule has 3 N–H and O–H groups in total. The van der Waals surface area contributed by atoms with Gasteiger partial charge in [-0.15, -0.1) is 0 Å². The van der Waals surface area contributed by atoms with Gasteiger partial charge in [0.2, 0.25) is 0 Å². The number of ketones is 2. The number of phenols is 2. The summed E-state index contributed by atoms with van der Waals surface area (Å²) in [6, 6.07) is 2.96. The maximum Gasteiger partial charge on any atom is 0.186 e. The Kier molecular flexibility index (Phi) is 4.24. The zero-order chi connectivity index (χ0) is 23.4. The van der Waals surface area contributed by atoms with Crippen molar-refractivity contribution in [2.75, 3.05) is 0 Å². The standard InChI is InChI=1S/C27H34O5/c1-14-10-20-25(3,23(32)22(14)31)7-9-27(5)21-13-17(28)15-11-18(29)19(30)12-16(15)24(21,2)6-8-26(20,27)4/h11-14,20,23,29-30,32H,6-10H2,1-5H3/t14-,20?,23-,24+,25-,26+,27-/m1/s1. The van der Waals surface area contributed by atoms with Gasteiger partial charge in [-0.1, -0.05) is 34.6 Å². The van der Waals surface area contributed by atoms with Crippen LogP contribution < -0.4 is 0 Å². The smallest absolute Gasteiger partial charge is 0.186 e. The Bertz CT molecular complexity index is 1090. The molecule has 172 valence electrons. The van der Waals surface area contributed by atoms with E-state index in [1.807, 2.05) is 6.92 Å². The van der Waals surface area contributed by atoms with Gasteiger partial charge in [-0.05, 0) is 78.2 Å². The molecule has 0 amide bonds. The van der Waals surface area contributed by atoms with Gasteiger partial charge in [-0.2, -0.15) is 0 Å². The lowest BCUT2D eigenvalue weighted by molar-refractivity contribution is -0.190. The minimum Gasteiger partial charge on any atom is -0.504 e. The van der Waals surface area contributed by atoms with E-state index in [1.54, 1.807) is 12.1 Å². The van der Waals surface area contributed by atoms with Gasteiger partial charge in [-0.3, -0.25) is 9.59 Å². The summed E-state index contributed by atoms with van der Waals surface area (Å²) in [4.78, 5) is 25.9. The second kappa shape index (κ2) is 6.25. The third kappa shape index (κ3) is 2.33. The molecule has 5 heteroatoms. The van der Waals surface area contributed by atoms with Crippen LogP contribution in [-0.4, -0.2) is 33.0 Å². The molecule has 3 fully saturated rings. The van der Waals surface area contributed by atoms with Gasteiger partial charge >= 0.3 is 0 Å². The molecule has 0 aromatic heterocycles. The van der Waals surface area contributed by atoms with Crippen molar-refractivity contribution < 1.29 is 24.9 Å². The highest BCUT2D eigenvalue weighted by atomic mass is 16.3. The molecule has 5 rings (SSSR count). The van der Waals surface area contributed by atoms with E-state index in [-0.39, 0.29) is 45.7 Å². The van der Waals surface area contributed by atoms with Crippen LogP contribution in [0.4, 0.5) is 0 Å². The first-order valence-corrected chi connectivity index (χ1v) is 11.8. The Labute approximate surface area is 189 Å². The number of carbonyl (C=O) groups excluding carboxylic acids is 2. The highest BCUT2D eigenvalue weighted by Gasteiger charge is 2.68. The zero-order valence-corrected chi connectivity index (χ0v) is 19.7. The van der Waals surface area contributed by atoms with Crippen LogP contribution >= 0.6 is 0 Å². The normalized spacial score (nSPS) is 45.3. The van der Waals surface area contributed by atoms with Gasteiger partial charge in [-0.25, -0.2) is 0 Å². The van der Waals surface area contributed by atoms with Gasteiger partial charge in [0, 0.05) is 22.3 Å². The summed E-state index contributed by atoms with van der Waals surface area (Å²) in [7, 11) is 0. The molecule has 0 bridgehead atoms. The fourth-order valence-corrected chi connectivity index (χ4v) is 8.20. The Morgan fingerprint density at radius 2 is 1.59 bits per heavy atom. The summed E-state index contributed by atoms with van der Waals surface area (Å²) in [5, 5.41) is 31.3. The number of rotatable bonds is 0. The fraction of sp³-hybridized carbons (Fsp3) is 0.630. The minimum absolute atomic E-state index is 0.0344. The van der Waals surface area contributed by atoms with Crippen LogP contribution in [0.25, 0.3) is 0 Å². The molecule has 0 spiro atoms. The van der Waals surface area contributed by atoms with Crippen molar-refractivity contribution in [1.82, 2.24) is 0 Å². The second-order valence-corrected chi connectivity index (χ2v) is 11.9. The first-order valence-electron chi connectivity index (χ1n) is 11.8. The molecule has 32 heavy (non-hydrogen) atoms. The number of hydrogen-bond donors (Lipinski definition) is 3. The molecule has 1 aromatic carbocycles. The molecule has 4 aliphatic rings. The lowest BCUT2D eigenvalue weighted by atomic mass is 9.35. The first-order chi connectivity index (χ1) is 14.8. The van der Waals surface area contributed by atoms with Crippen molar-refractivity contribution in [2.24, 2.45) is 28.1 Å². The van der Waals surface area contributed by atoms with Crippen molar-refractivity contribution in [1.29, 1.82) is 0 Å². The van der Waals surface area contributed by atoms with Crippen LogP contribution in [0.1, 0.15) is 82.6 Å². The van der Waals surface area contributed by atoms with E-state index in [2.05, 4.69) is 27.7 Å². The second-order valence-electron chi connectivity index (χ2n) is 11.9. The molecule has 7 atom stereocenters. The summed E-state index contributed by atoms with van der Waals surface area (Å²) in [5.74, 6) is -0.629. The molecular weight excluding hydrogens is 404 g/mol. The van der Waals surface area contributed by atoms with Crippen molar-refractivity contribution in [3.63, 3.8) is 0 Å². The average molecular weight is 439 g/mol. The van der Waals surface area contributed by atoms with Crippen LogP contribution in [0.5, 0.6) is 11.5 Å². The van der Waals surface area contributed by atoms with E-state index in [0.717, 1.165) is 43.2 Å². The number of aliphatic hydroxyl groups excluding tert-OH is 1. The Hall–Kier alpha value is -2.14. The number of phenolic OH excluding ortho intramolecular Hbond substituents is 2. The lowest BCUT2D eigenvalue weighted by Gasteiger charge is -2.69. The van der Waals surface area contributed by atoms with Gasteiger partial charge in [0.05, 0.1) is 0 Å². The monoisotopic (exact) mass is 438 g/mol. The lowest BCUT2D eigenvalue weighted by Crippen LogP contribution is -2.65. The van der Waals surface area contributed by atoms with Crippen LogP contribution in [0.3, 0.4) is 0 Å². The van der Waals surface area contributed by atoms with Crippen molar-refractivity contribution in [2.45, 2.75) is 78.2 Å². The third-order valence-electron chi connectivity index (χ3n) is 10.5. The number of fused-ring (bicyclic) bond motifs is 7. The summed E-state index contributed by atoms with van der Waals surface area (Å²) >= 11 is 0. The highest BCUT2D eigenvalue weighted by Crippen LogP contribution is 2.73. The van der Waals surface area contributed by atoms with E-state index in [1.165, 1.54) is 6.07 Å². The van der Waals surface area contributed by atoms with E-state index < -0.39 is 16.9 Å². The third-order valence-corrected chi connectivity index (χ3v) is 10.5. The Morgan fingerprint density at radius 3 is 2.28 bits per heavy atom. The molecular formula is C27H34O5. The van der Waals surface area contributed by atoms with Crippen molar-refractivity contribution in [3.05, 3.63) is 34.9 Å². The minimum atomic E-state index is -0.937. The molecule has 0 saturated heterocycles. The van der Waals surface area contributed by atoms with Gasteiger partial charge in [0.15, 0.2) is 23.1 Å². The maximum absolute atomic E-state index is 13.2. The van der Waals surface area contributed by atoms with E-state index >= 15 is 0 Å². The number of aliphatic hydroxyl groups is 1. The quantitative estimate of drug-likeness (QED) is 0.512. The number of Topliss-reactive ketones (excluding diaryl/α,β-unsaturated/α-hetero) is 1. The Balaban J connectivity index is 1.67. The summed E-state index contributed by atoms with van der Waals surface area (Å²) in [5.41, 5.74) is 1.05. The largest absolute Gasteiger partial charge is 0.504 e. The number of benzene rings is 1. The predicted octanol–water partition coefficient (Wildman–Crippen LogP) is 4.67. The summed E-state index contributed by atoms with van der Waals surface area (Å²) in [6.45, 7) is 10.7. The topological polar surface area (TPSA) is 94.8 Å². The van der Waals surface area contributed by atoms with Crippen LogP contribution in [0.15, 0.2) is 23.8 Å². The van der Waals surface area contributed by atoms with E-state index in [4.69, 9.17) is 0 Å². The number of allylic oxidation sites excluding steroid dienone is 2. The molecule has 0 radical (unpaired) electrons. The number of hydrogen-bond acceptors (Lipinski definition) is 5. The van der Waals surface area contributed by atoms with Crippen LogP contribution in [0, 0.1) is 28.1 Å². The summed E-state index contributed by atoms with van der Waals surface area (Å²) < 4.78 is 0. The molecule has 0 heterocycles. The molecule has 1 aromatic rings. The predicted molar refractivity (Wildman–Crippen MR) is 121 cm³/mol. The number of carbonyl (C=O) groups is 2. The highest BCUT2D eigenvalue weighted by molar-refractivity contribution is 6.09. The van der Waals surface area contributed by atoms with Crippen LogP contribution in [-0.2, 0) is 10.2 Å².